The van der Waals surface area contributed by atoms with E-state index in [4.69, 9.17) is 17.0 Å². The molecule has 2 fully saturated rings. The Morgan fingerprint density at radius 2 is 1.81 bits per heavy atom. The van der Waals surface area contributed by atoms with Crippen LogP contribution in [0, 0.1) is 18.8 Å². The van der Waals surface area contributed by atoms with Crippen molar-refractivity contribution >= 4 is 40.5 Å². The molecular formula is C25H25N3O3S. The molecule has 6 nitrogen and oxygen atoms in total. The molecule has 3 aliphatic heterocycles. The number of imide groups is 1. The van der Waals surface area contributed by atoms with Gasteiger partial charge in [0.1, 0.15) is 5.60 Å². The molecule has 3 heterocycles. The quantitative estimate of drug-likeness (QED) is 0.416. The Balaban J connectivity index is 1.31. The van der Waals surface area contributed by atoms with E-state index < -0.39 is 23.5 Å². The van der Waals surface area contributed by atoms with Crippen LogP contribution in [0.4, 0.5) is 11.4 Å². The van der Waals surface area contributed by atoms with Gasteiger partial charge in [0.05, 0.1) is 30.2 Å². The van der Waals surface area contributed by atoms with Crippen LogP contribution in [0.15, 0.2) is 60.7 Å². The van der Waals surface area contributed by atoms with Gasteiger partial charge < -0.3 is 15.4 Å². The molecule has 2 saturated heterocycles. The summed E-state index contributed by atoms with van der Waals surface area (Å²) < 4.78 is 6.17. The summed E-state index contributed by atoms with van der Waals surface area (Å²) in [4.78, 5) is 27.9. The molecule has 0 aromatic heterocycles. The molecule has 0 radical (unpaired) electrons. The molecule has 0 spiro atoms. The van der Waals surface area contributed by atoms with Crippen molar-refractivity contribution in [3.63, 3.8) is 0 Å². The average Bonchev–Trinajstić information content (AvgIpc) is 3.44. The van der Waals surface area contributed by atoms with Gasteiger partial charge in [0, 0.05) is 5.69 Å². The van der Waals surface area contributed by atoms with Crippen molar-refractivity contribution in [2.75, 3.05) is 16.8 Å². The molecule has 164 valence electrons. The number of amides is 2. The standard InChI is InChI=1S/C25H25N3O3S/c1-3-16-6-8-17(9-7-16)27-24(32)26-14-25-13-12-19(31-25)20-21(25)23(30)28(22(20)29)18-10-4-15(2)5-11-18/h4-13,19-21H,3,14H2,1-2H3,(H2,26,27,32)/t19-,20+,21+,25-/m1/s1. The number of carbonyl (C=O) groups excluding carboxylic acids is 2. The summed E-state index contributed by atoms with van der Waals surface area (Å²) >= 11 is 5.46. The zero-order valence-corrected chi connectivity index (χ0v) is 18.8. The number of rotatable bonds is 5. The van der Waals surface area contributed by atoms with E-state index in [1.807, 2.05) is 55.5 Å². The van der Waals surface area contributed by atoms with Gasteiger partial charge in [0.15, 0.2) is 5.11 Å². The van der Waals surface area contributed by atoms with Gasteiger partial charge in [-0.1, -0.05) is 48.9 Å². The maximum atomic E-state index is 13.4. The van der Waals surface area contributed by atoms with Gasteiger partial charge in [-0.15, -0.1) is 0 Å². The summed E-state index contributed by atoms with van der Waals surface area (Å²) in [7, 11) is 0. The van der Waals surface area contributed by atoms with Crippen LogP contribution in [0.3, 0.4) is 0 Å². The second-order valence-corrected chi connectivity index (χ2v) is 9.01. The lowest BCUT2D eigenvalue weighted by molar-refractivity contribution is -0.126. The fourth-order valence-electron chi connectivity index (χ4n) is 4.87. The first kappa shape index (κ1) is 20.8. The number of nitrogens with one attached hydrogen (secondary N) is 2. The Morgan fingerprint density at radius 3 is 2.50 bits per heavy atom. The molecule has 4 atom stereocenters. The fraction of sp³-hybridized carbons (Fsp3) is 0.320. The number of aryl methyl sites for hydroxylation is 2. The smallest absolute Gasteiger partial charge is 0.241 e. The van der Waals surface area contributed by atoms with Crippen LogP contribution >= 0.6 is 12.2 Å². The van der Waals surface area contributed by atoms with E-state index in [0.29, 0.717) is 17.3 Å². The minimum atomic E-state index is -0.890. The lowest BCUT2D eigenvalue weighted by Gasteiger charge is -2.29. The molecule has 0 aliphatic carbocycles. The Hall–Kier alpha value is -3.03. The molecule has 0 unspecified atom stereocenters. The average molecular weight is 448 g/mol. The SMILES string of the molecule is CCc1ccc(NC(=S)NC[C@@]23C=C[C@@H](O2)[C@@H]2C(=O)N(c4ccc(C)cc4)C(=O)[C@H]23)cc1. The van der Waals surface area contributed by atoms with Crippen LogP contribution in [-0.2, 0) is 20.7 Å². The number of carbonyl (C=O) groups is 2. The number of hydrogen-bond acceptors (Lipinski definition) is 4. The van der Waals surface area contributed by atoms with E-state index in [0.717, 1.165) is 17.7 Å². The minimum Gasteiger partial charge on any atom is -0.360 e. The molecule has 7 heteroatoms. The summed E-state index contributed by atoms with van der Waals surface area (Å²) in [5.74, 6) is -1.48. The molecule has 0 saturated carbocycles. The third-order valence-electron chi connectivity index (χ3n) is 6.59. The molecule has 32 heavy (non-hydrogen) atoms. The fourth-order valence-corrected chi connectivity index (χ4v) is 5.06. The van der Waals surface area contributed by atoms with E-state index in [2.05, 4.69) is 29.7 Å². The summed E-state index contributed by atoms with van der Waals surface area (Å²) in [6.45, 7) is 4.39. The lowest BCUT2D eigenvalue weighted by atomic mass is 9.77. The van der Waals surface area contributed by atoms with E-state index >= 15 is 0 Å². The number of fused-ring (bicyclic) bond motifs is 5. The Morgan fingerprint density at radius 1 is 1.09 bits per heavy atom. The highest BCUT2D eigenvalue weighted by atomic mass is 32.1. The highest BCUT2D eigenvalue weighted by Crippen LogP contribution is 2.52. The number of anilines is 2. The molecule has 2 aromatic carbocycles. The minimum absolute atomic E-state index is 0.197. The lowest BCUT2D eigenvalue weighted by Crippen LogP contribution is -2.49. The highest BCUT2D eigenvalue weighted by Gasteiger charge is 2.67. The first-order chi connectivity index (χ1) is 15.4. The van der Waals surface area contributed by atoms with E-state index in [9.17, 15) is 9.59 Å². The van der Waals surface area contributed by atoms with Crippen LogP contribution in [0.2, 0.25) is 0 Å². The van der Waals surface area contributed by atoms with Crippen molar-refractivity contribution in [2.24, 2.45) is 11.8 Å². The summed E-state index contributed by atoms with van der Waals surface area (Å²) in [6, 6.07) is 15.5. The van der Waals surface area contributed by atoms with E-state index in [1.54, 1.807) is 0 Å². The zero-order valence-electron chi connectivity index (χ0n) is 18.0. The van der Waals surface area contributed by atoms with Crippen LogP contribution in [0.1, 0.15) is 18.1 Å². The van der Waals surface area contributed by atoms with Gasteiger partial charge >= 0.3 is 0 Å². The second-order valence-electron chi connectivity index (χ2n) is 8.61. The highest BCUT2D eigenvalue weighted by molar-refractivity contribution is 7.80. The maximum absolute atomic E-state index is 13.4. The van der Waals surface area contributed by atoms with Crippen LogP contribution in [0.5, 0.6) is 0 Å². The molecule has 2 bridgehead atoms. The number of thiocarbonyl (C=S) groups is 1. The number of nitrogens with zero attached hydrogens (tertiary/aromatic N) is 1. The van der Waals surface area contributed by atoms with Crippen molar-refractivity contribution in [2.45, 2.75) is 32.0 Å². The number of hydrogen-bond donors (Lipinski definition) is 2. The topological polar surface area (TPSA) is 70.7 Å². The summed E-state index contributed by atoms with van der Waals surface area (Å²) in [5, 5.41) is 6.81. The van der Waals surface area contributed by atoms with Gasteiger partial charge in [0.25, 0.3) is 0 Å². The van der Waals surface area contributed by atoms with Crippen molar-refractivity contribution in [3.8, 4) is 0 Å². The molecular weight excluding hydrogens is 422 g/mol. The second kappa shape index (κ2) is 7.83. The third kappa shape index (κ3) is 3.32. The van der Waals surface area contributed by atoms with Crippen molar-refractivity contribution < 1.29 is 14.3 Å². The molecule has 2 aromatic rings. The van der Waals surface area contributed by atoms with E-state index in [1.165, 1.54) is 10.5 Å². The third-order valence-corrected chi connectivity index (χ3v) is 6.84. The van der Waals surface area contributed by atoms with Crippen LogP contribution in [0.25, 0.3) is 0 Å². The first-order valence-electron chi connectivity index (χ1n) is 10.9. The van der Waals surface area contributed by atoms with Gasteiger partial charge in [0.2, 0.25) is 11.8 Å². The van der Waals surface area contributed by atoms with Crippen molar-refractivity contribution in [3.05, 3.63) is 71.8 Å². The molecule has 3 aliphatic rings. The molecule has 5 rings (SSSR count). The van der Waals surface area contributed by atoms with Gasteiger partial charge in [-0.3, -0.25) is 9.59 Å². The largest absolute Gasteiger partial charge is 0.360 e. The van der Waals surface area contributed by atoms with Gasteiger partial charge in [-0.2, -0.15) is 0 Å². The maximum Gasteiger partial charge on any atom is 0.241 e. The Labute approximate surface area is 192 Å². The normalized spacial score (nSPS) is 27.7. The predicted octanol–water partition coefficient (Wildman–Crippen LogP) is 3.36. The zero-order chi connectivity index (χ0) is 22.5. The Bertz CT molecular complexity index is 1110. The number of ether oxygens (including phenoxy) is 1. The number of benzene rings is 2. The van der Waals surface area contributed by atoms with Gasteiger partial charge in [-0.05, 0) is 55.4 Å². The molecule has 2 N–H and O–H groups in total. The summed E-state index contributed by atoms with van der Waals surface area (Å²) in [5.41, 5.74) is 2.93. The first-order valence-corrected chi connectivity index (χ1v) is 11.3. The van der Waals surface area contributed by atoms with E-state index in [-0.39, 0.29) is 11.8 Å². The Kier molecular flexibility index (Phi) is 5.10. The summed E-state index contributed by atoms with van der Waals surface area (Å²) in [6.07, 6.45) is 4.39. The van der Waals surface area contributed by atoms with Crippen LogP contribution in [-0.4, -0.2) is 35.2 Å². The monoisotopic (exact) mass is 447 g/mol. The predicted molar refractivity (Wildman–Crippen MR) is 127 cm³/mol. The van der Waals surface area contributed by atoms with Crippen molar-refractivity contribution in [1.29, 1.82) is 0 Å². The molecule has 2 amide bonds. The van der Waals surface area contributed by atoms with Gasteiger partial charge in [-0.25, -0.2) is 4.90 Å². The van der Waals surface area contributed by atoms with Crippen LogP contribution < -0.4 is 15.5 Å². The van der Waals surface area contributed by atoms with Crippen molar-refractivity contribution in [1.82, 2.24) is 5.32 Å².